The fourth-order valence-electron chi connectivity index (χ4n) is 4.22. The Morgan fingerprint density at radius 2 is 2.07 bits per heavy atom. The van der Waals surface area contributed by atoms with E-state index >= 15 is 0 Å². The van der Waals surface area contributed by atoms with E-state index in [1.54, 1.807) is 16.7 Å². The number of carbonyl (C=O) groups is 2. The lowest BCUT2D eigenvalue weighted by Gasteiger charge is -2.34. The number of hydrogen-bond acceptors (Lipinski definition) is 6. The average Bonchev–Trinajstić information content (AvgIpc) is 3.15. The normalized spacial score (nSPS) is 23.3. The van der Waals surface area contributed by atoms with Gasteiger partial charge in [-0.2, -0.15) is 0 Å². The maximum atomic E-state index is 13.6. The molecule has 2 fully saturated rings. The van der Waals surface area contributed by atoms with Crippen LogP contribution in [0.1, 0.15) is 53.4 Å². The summed E-state index contributed by atoms with van der Waals surface area (Å²) in [6.45, 7) is 8.46. The third kappa shape index (κ3) is 3.89. The van der Waals surface area contributed by atoms with Gasteiger partial charge in [0.15, 0.2) is 5.69 Å². The minimum Gasteiger partial charge on any atom is -0.383 e. The molecular formula is C20H31N5O4S. The zero-order valence-electron chi connectivity index (χ0n) is 18.1. The fraction of sp³-hybridized carbons (Fsp3) is 0.700. The predicted octanol–water partition coefficient (Wildman–Crippen LogP) is 1.36. The van der Waals surface area contributed by atoms with Crippen molar-refractivity contribution in [2.45, 2.75) is 70.8 Å². The molecule has 2 amide bonds. The van der Waals surface area contributed by atoms with Crippen LogP contribution in [0.5, 0.6) is 0 Å². The van der Waals surface area contributed by atoms with Crippen LogP contribution in [0, 0.1) is 5.92 Å². The number of aromatic nitrogens is 2. The Morgan fingerprint density at radius 1 is 1.37 bits per heavy atom. The number of nitrogens with one attached hydrogen (secondary N) is 1. The zero-order chi connectivity index (χ0) is 22.2. The molecule has 2 atom stereocenters. The molecule has 2 aliphatic rings. The van der Waals surface area contributed by atoms with E-state index < -0.39 is 22.2 Å². The van der Waals surface area contributed by atoms with Crippen molar-refractivity contribution in [1.29, 1.82) is 0 Å². The van der Waals surface area contributed by atoms with Crippen LogP contribution >= 0.6 is 11.8 Å². The summed E-state index contributed by atoms with van der Waals surface area (Å²) < 4.78 is 1.31. The van der Waals surface area contributed by atoms with E-state index in [-0.39, 0.29) is 35.8 Å². The summed E-state index contributed by atoms with van der Waals surface area (Å²) in [4.78, 5) is 56.2. The van der Waals surface area contributed by atoms with E-state index in [0.29, 0.717) is 31.6 Å². The van der Waals surface area contributed by atoms with Gasteiger partial charge in [-0.25, -0.2) is 4.79 Å². The van der Waals surface area contributed by atoms with Gasteiger partial charge >= 0.3 is 5.69 Å². The van der Waals surface area contributed by atoms with Crippen LogP contribution in [0.2, 0.25) is 0 Å². The van der Waals surface area contributed by atoms with Gasteiger partial charge in [-0.05, 0) is 25.7 Å². The quantitative estimate of drug-likeness (QED) is 0.664. The molecule has 0 bridgehead atoms. The third-order valence-electron chi connectivity index (χ3n) is 5.76. The number of H-pyrrole nitrogens is 1. The molecule has 0 unspecified atom stereocenters. The van der Waals surface area contributed by atoms with Gasteiger partial charge in [0.25, 0.3) is 11.5 Å². The van der Waals surface area contributed by atoms with E-state index in [2.05, 4.69) is 4.98 Å². The molecule has 2 aliphatic heterocycles. The van der Waals surface area contributed by atoms with Crippen LogP contribution in [-0.2, 0) is 16.1 Å². The van der Waals surface area contributed by atoms with Crippen molar-refractivity contribution in [3.05, 3.63) is 20.8 Å². The second kappa shape index (κ2) is 8.49. The molecule has 1 aromatic rings. The van der Waals surface area contributed by atoms with Crippen molar-refractivity contribution in [3.63, 3.8) is 0 Å². The maximum absolute atomic E-state index is 13.6. The van der Waals surface area contributed by atoms with Gasteiger partial charge < -0.3 is 15.5 Å². The summed E-state index contributed by atoms with van der Waals surface area (Å²) in [6.07, 6.45) is 2.69. The molecule has 0 saturated carbocycles. The first kappa shape index (κ1) is 22.5. The molecule has 10 heteroatoms. The molecule has 3 rings (SSSR count). The topological polar surface area (TPSA) is 121 Å². The second-order valence-corrected chi connectivity index (χ2v) is 10.1. The van der Waals surface area contributed by atoms with Crippen molar-refractivity contribution < 1.29 is 9.59 Å². The average molecular weight is 438 g/mol. The third-order valence-corrected chi connectivity index (χ3v) is 7.27. The van der Waals surface area contributed by atoms with Crippen molar-refractivity contribution >= 4 is 35.1 Å². The summed E-state index contributed by atoms with van der Waals surface area (Å²) in [5.74, 6) is 0.155. The molecule has 166 valence electrons. The Hall–Kier alpha value is -2.23. The highest BCUT2D eigenvalue weighted by molar-refractivity contribution is 8.01. The van der Waals surface area contributed by atoms with Gasteiger partial charge in [0, 0.05) is 25.3 Å². The van der Waals surface area contributed by atoms with E-state index in [1.807, 2.05) is 27.7 Å². The zero-order valence-corrected chi connectivity index (χ0v) is 18.9. The Bertz CT molecular complexity index is 955. The van der Waals surface area contributed by atoms with Gasteiger partial charge in [0.1, 0.15) is 11.9 Å². The Balaban J connectivity index is 2.05. The van der Waals surface area contributed by atoms with Gasteiger partial charge in [0.05, 0.1) is 4.87 Å². The van der Waals surface area contributed by atoms with Gasteiger partial charge in [-0.3, -0.25) is 23.9 Å². The van der Waals surface area contributed by atoms with Gasteiger partial charge in [0.2, 0.25) is 5.91 Å². The van der Waals surface area contributed by atoms with E-state index in [0.717, 1.165) is 6.42 Å². The first-order valence-corrected chi connectivity index (χ1v) is 11.5. The van der Waals surface area contributed by atoms with Crippen LogP contribution in [0.25, 0.3) is 0 Å². The number of anilines is 2. The van der Waals surface area contributed by atoms with Crippen molar-refractivity contribution in [2.24, 2.45) is 5.92 Å². The highest BCUT2D eigenvalue weighted by Gasteiger charge is 2.54. The summed E-state index contributed by atoms with van der Waals surface area (Å²) in [6, 6.07) is -0.649. The maximum Gasteiger partial charge on any atom is 0.330 e. The number of amides is 2. The monoisotopic (exact) mass is 437 g/mol. The smallest absolute Gasteiger partial charge is 0.330 e. The van der Waals surface area contributed by atoms with E-state index in [9.17, 15) is 19.2 Å². The number of fused-ring (bicyclic) bond motifs is 1. The SMILES string of the molecule is CCCCn1c(N)c(N(CC(C)C)C(=O)[C@@H]2CS[C@]3(C)CCC(=O)N23)c(=O)[nH]c1=O. The molecule has 0 spiro atoms. The lowest BCUT2D eigenvalue weighted by molar-refractivity contribution is -0.136. The summed E-state index contributed by atoms with van der Waals surface area (Å²) >= 11 is 1.60. The molecule has 0 radical (unpaired) electrons. The summed E-state index contributed by atoms with van der Waals surface area (Å²) in [5, 5.41) is 0. The number of nitrogens with two attached hydrogens (primary N) is 1. The van der Waals surface area contributed by atoms with Crippen LogP contribution in [0.4, 0.5) is 11.5 Å². The number of nitrogens with zero attached hydrogens (tertiary/aromatic N) is 3. The molecule has 1 aromatic heterocycles. The highest BCUT2D eigenvalue weighted by atomic mass is 32.2. The van der Waals surface area contributed by atoms with Gasteiger partial charge in [-0.1, -0.05) is 27.2 Å². The Labute approximate surface area is 180 Å². The number of rotatable bonds is 7. The highest BCUT2D eigenvalue weighted by Crippen LogP contribution is 2.47. The fourth-order valence-corrected chi connectivity index (χ4v) is 5.64. The number of nitrogen functional groups attached to an aromatic ring is 1. The van der Waals surface area contributed by atoms with Crippen molar-refractivity contribution in [2.75, 3.05) is 22.9 Å². The molecule has 2 saturated heterocycles. The van der Waals surface area contributed by atoms with Gasteiger partial charge in [-0.15, -0.1) is 11.8 Å². The standard InChI is InChI=1S/C20H31N5O4S/c1-5-6-9-23-16(21)15(17(27)22-19(23)29)24(10-12(2)3)18(28)13-11-30-20(4)8-7-14(26)25(13)20/h12-13H,5-11,21H2,1-4H3,(H,22,27,29)/t13-,20+/m0/s1. The first-order chi connectivity index (χ1) is 14.1. The Morgan fingerprint density at radius 3 is 2.70 bits per heavy atom. The van der Waals surface area contributed by atoms with Crippen LogP contribution in [-0.4, -0.2) is 49.5 Å². The van der Waals surface area contributed by atoms with Crippen molar-refractivity contribution in [1.82, 2.24) is 14.5 Å². The van der Waals surface area contributed by atoms with Crippen molar-refractivity contribution in [3.8, 4) is 0 Å². The van der Waals surface area contributed by atoms with E-state index in [1.165, 1.54) is 9.47 Å². The van der Waals surface area contributed by atoms with Crippen LogP contribution < -0.4 is 21.9 Å². The lowest BCUT2D eigenvalue weighted by Crippen LogP contribution is -2.53. The Kier molecular flexibility index (Phi) is 6.35. The molecule has 3 N–H and O–H groups in total. The molecule has 30 heavy (non-hydrogen) atoms. The summed E-state index contributed by atoms with van der Waals surface area (Å²) in [7, 11) is 0. The molecule has 9 nitrogen and oxygen atoms in total. The molecule has 0 aromatic carbocycles. The molecular weight excluding hydrogens is 406 g/mol. The minimum absolute atomic E-state index is 0.00495. The van der Waals surface area contributed by atoms with Crippen LogP contribution in [0.3, 0.4) is 0 Å². The largest absolute Gasteiger partial charge is 0.383 e. The van der Waals surface area contributed by atoms with Crippen LogP contribution in [0.15, 0.2) is 9.59 Å². The molecule has 3 heterocycles. The lowest BCUT2D eigenvalue weighted by atomic mass is 10.1. The number of hydrogen-bond donors (Lipinski definition) is 2. The second-order valence-electron chi connectivity index (χ2n) is 8.61. The predicted molar refractivity (Wildman–Crippen MR) is 119 cm³/mol. The van der Waals surface area contributed by atoms with E-state index in [4.69, 9.17) is 5.73 Å². The summed E-state index contributed by atoms with van der Waals surface area (Å²) in [5.41, 5.74) is 5.00. The minimum atomic E-state index is -0.680. The number of carbonyl (C=O) groups excluding carboxylic acids is 2. The first-order valence-electron chi connectivity index (χ1n) is 10.5. The number of thioether (sulfide) groups is 1. The number of unbranched alkanes of at least 4 members (excludes halogenated alkanes) is 1. The number of aromatic amines is 1. The molecule has 0 aliphatic carbocycles.